The number of aryl methyl sites for hydroxylation is 1. The summed E-state index contributed by atoms with van der Waals surface area (Å²) < 4.78 is 12.0. The maximum atomic E-state index is 12.3. The minimum Gasteiger partial charge on any atom is -0.459 e. The third-order valence-electron chi connectivity index (χ3n) is 4.08. The highest BCUT2D eigenvalue weighted by Gasteiger charge is 2.19. The Bertz CT molecular complexity index is 974. The summed E-state index contributed by atoms with van der Waals surface area (Å²) in [4.78, 5) is 37.0. The second kappa shape index (κ2) is 8.57. The van der Waals surface area contributed by atoms with Crippen molar-refractivity contribution in [2.75, 3.05) is 6.61 Å². The van der Waals surface area contributed by atoms with Crippen molar-refractivity contribution in [3.63, 3.8) is 0 Å². The van der Waals surface area contributed by atoms with E-state index in [1.54, 1.807) is 23.5 Å². The Morgan fingerprint density at radius 3 is 2.68 bits per heavy atom. The SMILES string of the molecule is Cc1cc(C(=O)OCC(=O)NNC(=O)c2ccco2)c(C)n1Cc1cccs1. The van der Waals surface area contributed by atoms with Crippen molar-refractivity contribution in [3.05, 3.63) is 69.6 Å². The van der Waals surface area contributed by atoms with Crippen LogP contribution >= 0.6 is 11.3 Å². The fourth-order valence-corrected chi connectivity index (χ4v) is 3.34. The van der Waals surface area contributed by atoms with E-state index in [2.05, 4.69) is 10.9 Å². The lowest BCUT2D eigenvalue weighted by Crippen LogP contribution is -2.43. The normalized spacial score (nSPS) is 10.5. The van der Waals surface area contributed by atoms with Crippen LogP contribution in [-0.4, -0.2) is 29.0 Å². The van der Waals surface area contributed by atoms with Crippen LogP contribution in [0.3, 0.4) is 0 Å². The molecular formula is C19H19N3O5S. The Balaban J connectivity index is 1.53. The number of carbonyl (C=O) groups excluding carboxylic acids is 3. The van der Waals surface area contributed by atoms with Gasteiger partial charge in [-0.2, -0.15) is 0 Å². The molecule has 0 spiro atoms. The molecule has 3 aromatic heterocycles. The van der Waals surface area contributed by atoms with Gasteiger partial charge in [-0.25, -0.2) is 4.79 Å². The molecule has 8 nitrogen and oxygen atoms in total. The molecule has 0 aliphatic carbocycles. The van der Waals surface area contributed by atoms with Crippen LogP contribution in [0, 0.1) is 13.8 Å². The summed E-state index contributed by atoms with van der Waals surface area (Å²) in [7, 11) is 0. The first kappa shape index (κ1) is 19.4. The van der Waals surface area contributed by atoms with E-state index < -0.39 is 24.4 Å². The van der Waals surface area contributed by atoms with Crippen LogP contribution in [0.4, 0.5) is 0 Å². The van der Waals surface area contributed by atoms with Crippen molar-refractivity contribution < 1.29 is 23.5 Å². The zero-order valence-electron chi connectivity index (χ0n) is 15.4. The topological polar surface area (TPSA) is 103 Å². The maximum absolute atomic E-state index is 12.3. The predicted octanol–water partition coefficient (Wildman–Crippen LogP) is 2.43. The van der Waals surface area contributed by atoms with Crippen LogP contribution in [0.25, 0.3) is 0 Å². The van der Waals surface area contributed by atoms with Gasteiger partial charge in [0.15, 0.2) is 12.4 Å². The van der Waals surface area contributed by atoms with Crippen LogP contribution in [0.5, 0.6) is 0 Å². The van der Waals surface area contributed by atoms with E-state index in [1.807, 2.05) is 35.9 Å². The van der Waals surface area contributed by atoms with Crippen LogP contribution in [0.15, 0.2) is 46.4 Å². The predicted molar refractivity (Wildman–Crippen MR) is 102 cm³/mol. The molecule has 0 radical (unpaired) electrons. The number of rotatable bonds is 6. The number of carbonyl (C=O) groups is 3. The van der Waals surface area contributed by atoms with Crippen molar-refractivity contribution in [2.45, 2.75) is 20.4 Å². The summed E-state index contributed by atoms with van der Waals surface area (Å²) >= 11 is 1.64. The molecule has 146 valence electrons. The van der Waals surface area contributed by atoms with Gasteiger partial charge in [0.1, 0.15) is 0 Å². The maximum Gasteiger partial charge on any atom is 0.340 e. The molecule has 0 saturated heterocycles. The molecule has 3 heterocycles. The van der Waals surface area contributed by atoms with E-state index in [-0.39, 0.29) is 5.76 Å². The molecule has 3 aromatic rings. The standard InChI is InChI=1S/C19H19N3O5S/c1-12-9-15(13(2)22(12)10-14-5-4-8-28-14)19(25)27-11-17(23)20-21-18(24)16-6-3-7-26-16/h3-9H,10-11H2,1-2H3,(H,20,23)(H,21,24). The fourth-order valence-electron chi connectivity index (χ4n) is 2.65. The highest BCUT2D eigenvalue weighted by atomic mass is 32.1. The van der Waals surface area contributed by atoms with Gasteiger partial charge in [-0.3, -0.25) is 20.4 Å². The van der Waals surface area contributed by atoms with Crippen LogP contribution in [0.1, 0.15) is 37.2 Å². The third-order valence-corrected chi connectivity index (χ3v) is 4.94. The summed E-state index contributed by atoms with van der Waals surface area (Å²) in [5.41, 5.74) is 6.42. The lowest BCUT2D eigenvalue weighted by Gasteiger charge is -2.09. The zero-order chi connectivity index (χ0) is 20.1. The molecule has 0 aliphatic heterocycles. The Morgan fingerprint density at radius 2 is 2.00 bits per heavy atom. The largest absolute Gasteiger partial charge is 0.459 e. The smallest absolute Gasteiger partial charge is 0.340 e. The van der Waals surface area contributed by atoms with Crippen molar-refractivity contribution in [1.29, 1.82) is 0 Å². The molecule has 2 N–H and O–H groups in total. The molecule has 3 rings (SSSR count). The minimum absolute atomic E-state index is 0.0514. The number of nitrogens with one attached hydrogen (secondary N) is 2. The van der Waals surface area contributed by atoms with E-state index in [9.17, 15) is 14.4 Å². The molecule has 0 aromatic carbocycles. The van der Waals surface area contributed by atoms with Crippen LogP contribution < -0.4 is 10.9 Å². The molecular weight excluding hydrogens is 382 g/mol. The molecule has 0 saturated carbocycles. The molecule has 0 aliphatic rings. The van der Waals surface area contributed by atoms with E-state index in [1.165, 1.54) is 17.2 Å². The van der Waals surface area contributed by atoms with Crippen LogP contribution in [0.2, 0.25) is 0 Å². The third kappa shape index (κ3) is 4.49. The highest BCUT2D eigenvalue weighted by molar-refractivity contribution is 7.09. The zero-order valence-corrected chi connectivity index (χ0v) is 16.2. The van der Waals surface area contributed by atoms with Gasteiger partial charge in [-0.05, 0) is 43.5 Å². The Labute approximate surface area is 165 Å². The van der Waals surface area contributed by atoms with E-state index in [4.69, 9.17) is 9.15 Å². The van der Waals surface area contributed by atoms with Gasteiger partial charge >= 0.3 is 11.9 Å². The van der Waals surface area contributed by atoms with E-state index in [0.29, 0.717) is 12.1 Å². The molecule has 0 unspecified atom stereocenters. The highest BCUT2D eigenvalue weighted by Crippen LogP contribution is 2.20. The number of hydrogen-bond acceptors (Lipinski definition) is 6. The van der Waals surface area contributed by atoms with Gasteiger partial charge in [0, 0.05) is 16.3 Å². The number of esters is 1. The number of hydrogen-bond donors (Lipinski definition) is 2. The van der Waals surface area contributed by atoms with Gasteiger partial charge in [0.25, 0.3) is 5.91 Å². The van der Waals surface area contributed by atoms with Crippen molar-refractivity contribution in [2.24, 2.45) is 0 Å². The number of amides is 2. The number of thiophene rings is 1. The first-order valence-electron chi connectivity index (χ1n) is 8.44. The van der Waals surface area contributed by atoms with Crippen molar-refractivity contribution >= 4 is 29.1 Å². The lowest BCUT2D eigenvalue weighted by atomic mass is 10.2. The van der Waals surface area contributed by atoms with Gasteiger partial charge in [-0.15, -0.1) is 11.3 Å². The molecule has 0 atom stereocenters. The average Bonchev–Trinajstić information content (AvgIpc) is 3.43. The van der Waals surface area contributed by atoms with Crippen molar-refractivity contribution in [1.82, 2.24) is 15.4 Å². The molecule has 0 fully saturated rings. The Kier molecular flexibility index (Phi) is 5.95. The second-order valence-electron chi connectivity index (χ2n) is 6.01. The summed E-state index contributed by atoms with van der Waals surface area (Å²) in [6.45, 7) is 3.89. The summed E-state index contributed by atoms with van der Waals surface area (Å²) in [5.74, 6) is -1.82. The number of nitrogens with zero attached hydrogens (tertiary/aromatic N) is 1. The Morgan fingerprint density at radius 1 is 1.18 bits per heavy atom. The van der Waals surface area contributed by atoms with Gasteiger partial charge in [0.2, 0.25) is 0 Å². The monoisotopic (exact) mass is 401 g/mol. The molecule has 28 heavy (non-hydrogen) atoms. The van der Waals surface area contributed by atoms with Crippen molar-refractivity contribution in [3.8, 4) is 0 Å². The quantitative estimate of drug-likeness (QED) is 0.488. The van der Waals surface area contributed by atoms with Gasteiger partial charge in [0.05, 0.1) is 18.4 Å². The molecule has 2 amide bonds. The molecule has 0 bridgehead atoms. The first-order chi connectivity index (χ1) is 13.5. The summed E-state index contributed by atoms with van der Waals surface area (Å²) in [5, 5.41) is 2.00. The second-order valence-corrected chi connectivity index (χ2v) is 7.04. The van der Waals surface area contributed by atoms with E-state index >= 15 is 0 Å². The van der Waals surface area contributed by atoms with Gasteiger partial charge in [-0.1, -0.05) is 6.07 Å². The van der Waals surface area contributed by atoms with Crippen LogP contribution in [-0.2, 0) is 16.1 Å². The number of furan rings is 1. The lowest BCUT2D eigenvalue weighted by molar-refractivity contribution is -0.125. The van der Waals surface area contributed by atoms with Gasteiger partial charge < -0.3 is 13.7 Å². The number of ether oxygens (including phenoxy) is 1. The summed E-state index contributed by atoms with van der Waals surface area (Å²) in [6.07, 6.45) is 1.34. The molecule has 9 heteroatoms. The summed E-state index contributed by atoms with van der Waals surface area (Å²) in [6, 6.07) is 8.75. The fraction of sp³-hybridized carbons (Fsp3) is 0.211. The Hall–Kier alpha value is -3.33. The average molecular weight is 401 g/mol. The first-order valence-corrected chi connectivity index (χ1v) is 9.32. The number of aromatic nitrogens is 1. The van der Waals surface area contributed by atoms with E-state index in [0.717, 1.165) is 11.4 Å². The minimum atomic E-state index is -0.666. The number of hydrazine groups is 1.